The first-order valence-corrected chi connectivity index (χ1v) is 9.55. The third-order valence-electron chi connectivity index (χ3n) is 4.22. The Labute approximate surface area is 158 Å². The average molecular weight is 390 g/mol. The van der Waals surface area contributed by atoms with Gasteiger partial charge in [0, 0.05) is 6.07 Å². The summed E-state index contributed by atoms with van der Waals surface area (Å²) in [6.07, 6.45) is 2.04. The summed E-state index contributed by atoms with van der Waals surface area (Å²) in [5.74, 6) is -3.02. The van der Waals surface area contributed by atoms with E-state index in [4.69, 9.17) is 0 Å². The summed E-state index contributed by atoms with van der Waals surface area (Å²) in [7, 11) is 0. The number of hydrogen-bond acceptors (Lipinski definition) is 4. The van der Waals surface area contributed by atoms with Crippen molar-refractivity contribution in [1.82, 2.24) is 4.90 Å². The summed E-state index contributed by atoms with van der Waals surface area (Å²) >= 11 is 1.45. The molecule has 2 aromatic carbocycles. The maximum absolute atomic E-state index is 13.9. The summed E-state index contributed by atoms with van der Waals surface area (Å²) in [4.78, 5) is 39.0. The topological polar surface area (TPSA) is 66.5 Å². The molecule has 0 aliphatic carbocycles. The molecule has 27 heavy (non-hydrogen) atoms. The van der Waals surface area contributed by atoms with Crippen molar-refractivity contribution in [2.75, 3.05) is 17.3 Å². The normalized spacial score (nSPS) is 14.3. The van der Waals surface area contributed by atoms with Gasteiger partial charge in [-0.2, -0.15) is 11.8 Å². The van der Waals surface area contributed by atoms with Crippen LogP contribution >= 0.6 is 11.8 Å². The van der Waals surface area contributed by atoms with Crippen molar-refractivity contribution in [3.63, 3.8) is 0 Å². The second-order valence-electron chi connectivity index (χ2n) is 5.94. The number of fused-ring (bicyclic) bond motifs is 1. The van der Waals surface area contributed by atoms with E-state index in [1.54, 1.807) is 12.1 Å². The van der Waals surface area contributed by atoms with E-state index < -0.39 is 35.4 Å². The Balaban J connectivity index is 1.89. The van der Waals surface area contributed by atoms with Crippen molar-refractivity contribution in [3.8, 4) is 0 Å². The van der Waals surface area contributed by atoms with Crippen LogP contribution in [0.1, 0.15) is 27.1 Å². The zero-order valence-electron chi connectivity index (χ0n) is 14.4. The van der Waals surface area contributed by atoms with Crippen LogP contribution in [0.5, 0.6) is 0 Å². The first-order chi connectivity index (χ1) is 12.9. The molecular weight excluding hydrogens is 374 g/mol. The lowest BCUT2D eigenvalue weighted by Gasteiger charge is -2.25. The van der Waals surface area contributed by atoms with E-state index in [-0.39, 0.29) is 23.2 Å². The monoisotopic (exact) mass is 390 g/mol. The third-order valence-corrected chi connectivity index (χ3v) is 4.87. The van der Waals surface area contributed by atoms with Crippen LogP contribution in [0.15, 0.2) is 42.5 Å². The Hall–Kier alpha value is -2.74. The molecule has 8 heteroatoms. The second-order valence-corrected chi connectivity index (χ2v) is 6.92. The van der Waals surface area contributed by atoms with Gasteiger partial charge in [0.25, 0.3) is 11.8 Å². The molecular formula is C19H16F2N2O3S. The van der Waals surface area contributed by atoms with Gasteiger partial charge in [-0.15, -0.1) is 0 Å². The number of halogens is 2. The number of thioether (sulfide) groups is 1. The van der Waals surface area contributed by atoms with Crippen molar-refractivity contribution < 1.29 is 23.2 Å². The van der Waals surface area contributed by atoms with Crippen LogP contribution in [0.4, 0.5) is 14.5 Å². The van der Waals surface area contributed by atoms with E-state index >= 15 is 0 Å². The number of imide groups is 1. The number of hydrogen-bond donors (Lipinski definition) is 1. The lowest BCUT2D eigenvalue weighted by Crippen LogP contribution is -2.47. The van der Waals surface area contributed by atoms with Gasteiger partial charge in [0.15, 0.2) is 0 Å². The quantitative estimate of drug-likeness (QED) is 0.769. The molecule has 0 saturated heterocycles. The molecule has 1 N–H and O–H groups in total. The van der Waals surface area contributed by atoms with E-state index in [0.29, 0.717) is 11.8 Å². The van der Waals surface area contributed by atoms with Gasteiger partial charge in [-0.3, -0.25) is 19.3 Å². The minimum atomic E-state index is -1.10. The van der Waals surface area contributed by atoms with Gasteiger partial charge in [-0.25, -0.2) is 8.78 Å². The molecule has 3 rings (SSSR count). The Morgan fingerprint density at radius 3 is 2.30 bits per heavy atom. The van der Waals surface area contributed by atoms with E-state index in [9.17, 15) is 23.2 Å². The van der Waals surface area contributed by atoms with Crippen LogP contribution in [0.25, 0.3) is 0 Å². The van der Waals surface area contributed by atoms with E-state index in [0.717, 1.165) is 17.0 Å². The summed E-state index contributed by atoms with van der Waals surface area (Å²) < 4.78 is 26.9. The molecule has 1 aliphatic heterocycles. The first-order valence-electron chi connectivity index (χ1n) is 8.15. The molecule has 0 saturated carbocycles. The van der Waals surface area contributed by atoms with Crippen molar-refractivity contribution in [1.29, 1.82) is 0 Å². The van der Waals surface area contributed by atoms with Crippen LogP contribution in [0.3, 0.4) is 0 Å². The molecule has 3 amide bonds. The molecule has 0 bridgehead atoms. The zero-order chi connectivity index (χ0) is 19.6. The number of anilines is 1. The number of nitrogens with zero attached hydrogens (tertiary/aromatic N) is 1. The van der Waals surface area contributed by atoms with E-state index in [1.807, 2.05) is 6.26 Å². The fraction of sp³-hybridized carbons (Fsp3) is 0.211. The number of benzene rings is 2. The number of amides is 3. The average Bonchev–Trinajstić information content (AvgIpc) is 2.90. The number of nitrogens with one attached hydrogen (secondary N) is 1. The van der Waals surface area contributed by atoms with Crippen LogP contribution < -0.4 is 5.32 Å². The highest BCUT2D eigenvalue weighted by Gasteiger charge is 2.42. The Morgan fingerprint density at radius 2 is 1.74 bits per heavy atom. The largest absolute Gasteiger partial charge is 0.322 e. The minimum absolute atomic E-state index is 0.210. The summed E-state index contributed by atoms with van der Waals surface area (Å²) in [5.41, 5.74) is 0.252. The Morgan fingerprint density at radius 1 is 1.11 bits per heavy atom. The van der Waals surface area contributed by atoms with Gasteiger partial charge < -0.3 is 5.32 Å². The van der Waals surface area contributed by atoms with Gasteiger partial charge in [0.2, 0.25) is 5.91 Å². The van der Waals surface area contributed by atoms with Crippen molar-refractivity contribution >= 4 is 35.2 Å². The van der Waals surface area contributed by atoms with Gasteiger partial charge in [0.05, 0.1) is 16.8 Å². The molecule has 0 fully saturated rings. The smallest absolute Gasteiger partial charge is 0.262 e. The van der Waals surface area contributed by atoms with E-state index in [2.05, 4.69) is 5.32 Å². The van der Waals surface area contributed by atoms with Gasteiger partial charge in [-0.1, -0.05) is 12.1 Å². The van der Waals surface area contributed by atoms with Gasteiger partial charge in [-0.05, 0) is 42.7 Å². The second kappa shape index (κ2) is 7.87. The van der Waals surface area contributed by atoms with Crippen LogP contribution in [-0.2, 0) is 4.79 Å². The molecule has 0 radical (unpaired) electrons. The molecule has 2 aromatic rings. The predicted molar refractivity (Wildman–Crippen MR) is 98.7 cm³/mol. The SMILES string of the molecule is CSCC[C@H](C(=O)Nc1ccc(F)cc1F)N1C(=O)c2ccccc2C1=O. The highest BCUT2D eigenvalue weighted by molar-refractivity contribution is 7.98. The van der Waals surface area contributed by atoms with Crippen molar-refractivity contribution in [2.24, 2.45) is 0 Å². The van der Waals surface area contributed by atoms with Crippen molar-refractivity contribution in [3.05, 3.63) is 65.2 Å². The lowest BCUT2D eigenvalue weighted by atomic mass is 10.1. The Bertz CT molecular complexity index is 885. The maximum atomic E-state index is 13.9. The first kappa shape index (κ1) is 19.0. The molecule has 1 heterocycles. The summed E-state index contributed by atoms with van der Waals surface area (Å²) in [6, 6.07) is 7.98. The molecule has 0 spiro atoms. The standard InChI is InChI=1S/C19H16F2N2O3S/c1-27-9-8-16(17(24)22-15-7-6-11(20)10-14(15)21)23-18(25)12-4-2-3-5-13(12)19(23)26/h2-7,10,16H,8-9H2,1H3,(H,22,24)/t16-/m1/s1. The predicted octanol–water partition coefficient (Wildman–Crippen LogP) is 3.32. The number of rotatable bonds is 6. The lowest BCUT2D eigenvalue weighted by molar-refractivity contribution is -0.120. The maximum Gasteiger partial charge on any atom is 0.262 e. The highest BCUT2D eigenvalue weighted by Crippen LogP contribution is 2.27. The zero-order valence-corrected chi connectivity index (χ0v) is 15.2. The molecule has 0 aromatic heterocycles. The molecule has 5 nitrogen and oxygen atoms in total. The van der Waals surface area contributed by atoms with Gasteiger partial charge in [0.1, 0.15) is 17.7 Å². The molecule has 140 valence electrons. The van der Waals surface area contributed by atoms with Crippen molar-refractivity contribution in [2.45, 2.75) is 12.5 Å². The minimum Gasteiger partial charge on any atom is -0.322 e. The van der Waals surface area contributed by atoms with E-state index in [1.165, 1.54) is 23.9 Å². The number of carbonyl (C=O) groups is 3. The molecule has 1 aliphatic rings. The van der Waals surface area contributed by atoms with Crippen LogP contribution in [0, 0.1) is 11.6 Å². The fourth-order valence-corrected chi connectivity index (χ4v) is 3.36. The fourth-order valence-electron chi connectivity index (χ4n) is 2.90. The number of carbonyl (C=O) groups excluding carboxylic acids is 3. The highest BCUT2D eigenvalue weighted by atomic mass is 32.2. The Kier molecular flexibility index (Phi) is 5.55. The molecule has 0 unspecified atom stereocenters. The summed E-state index contributed by atoms with van der Waals surface area (Å²) in [6.45, 7) is 0. The summed E-state index contributed by atoms with van der Waals surface area (Å²) in [5, 5.41) is 2.36. The van der Waals surface area contributed by atoms with Crippen LogP contribution in [-0.4, -0.2) is 40.7 Å². The van der Waals surface area contributed by atoms with Gasteiger partial charge >= 0.3 is 0 Å². The molecule has 1 atom stereocenters. The van der Waals surface area contributed by atoms with Crippen LogP contribution in [0.2, 0.25) is 0 Å². The third kappa shape index (κ3) is 3.71.